The van der Waals surface area contributed by atoms with Crippen LogP contribution in [-0.2, 0) is 19.1 Å². The third-order valence-corrected chi connectivity index (χ3v) is 19.0. The molecule has 4 atom stereocenters. The summed E-state index contributed by atoms with van der Waals surface area (Å²) in [6.45, 7) is 3.43. The van der Waals surface area contributed by atoms with E-state index in [4.69, 9.17) is 28.0 Å². The minimum atomic E-state index is -0.452. The number of benzene rings is 7. The summed E-state index contributed by atoms with van der Waals surface area (Å²) in [4.78, 5) is 24.6. The van der Waals surface area contributed by atoms with Crippen LogP contribution < -0.4 is 5.32 Å². The van der Waals surface area contributed by atoms with Gasteiger partial charge in [0.2, 0.25) is 5.91 Å². The van der Waals surface area contributed by atoms with Gasteiger partial charge in [0.1, 0.15) is 7.11 Å². The maximum atomic E-state index is 14.4. The molecule has 1 amide bonds. The summed E-state index contributed by atoms with van der Waals surface area (Å²) in [6, 6.07) is 72.2. The van der Waals surface area contributed by atoms with Crippen molar-refractivity contribution in [2.45, 2.75) is 66.0 Å². The van der Waals surface area contributed by atoms with E-state index in [2.05, 4.69) is 214 Å². The fourth-order valence-electron chi connectivity index (χ4n) is 11.9. The first-order valence-electron chi connectivity index (χ1n) is 26.3. The van der Waals surface area contributed by atoms with Crippen LogP contribution in [0.1, 0.15) is 83.4 Å². The highest BCUT2D eigenvalue weighted by Crippen LogP contribution is 2.51. The monoisotopic (exact) mass is 1060 g/mol. The highest BCUT2D eigenvalue weighted by molar-refractivity contribution is 8.00. The lowest BCUT2D eigenvalue weighted by atomic mass is 9.74. The molecule has 2 aliphatic heterocycles. The fraction of sp³-hybridized carbons (Fsp3) is 0.312. The Balaban J connectivity index is 0.935. The van der Waals surface area contributed by atoms with Gasteiger partial charge in [-0.15, -0.1) is 23.5 Å². The summed E-state index contributed by atoms with van der Waals surface area (Å²) in [5, 5.41) is 8.70. The van der Waals surface area contributed by atoms with E-state index in [0.29, 0.717) is 47.1 Å². The van der Waals surface area contributed by atoms with E-state index < -0.39 is 9.49 Å². The third-order valence-electron chi connectivity index (χ3n) is 15.2. The maximum Gasteiger partial charge on any atom is 0.234 e. The summed E-state index contributed by atoms with van der Waals surface area (Å²) in [5.41, 5.74) is 8.65. The van der Waals surface area contributed by atoms with Crippen molar-refractivity contribution in [1.82, 2.24) is 15.1 Å². The standard InChI is InChI=1S/C64H68Cl2N4O2S2/c1-72-68-39-20-34-57-58(49-35-37-59(65)60(66)46-49)47-56-36-38-61(57)70(56)42-21-41-69(43-45-74-64(53-28-14-5-15-29-53,54-30-16-6-17-31-54)55-32-18-7-19-33-55)48-62(71)67-40-44-73-63(50-22-8-2-9-23-50,51-24-10-3-11-25-51)52-26-12-4-13-27-52/h2-19,22-33,35,37,39,46,56-58,61H,20-21,34,36,38,40-45,47-48H2,1H3,(H,67,71). The van der Waals surface area contributed by atoms with Crippen molar-refractivity contribution >= 4 is 58.8 Å². The Bertz CT molecular complexity index is 2640. The van der Waals surface area contributed by atoms with E-state index in [1.165, 1.54) is 51.8 Å². The Hall–Kier alpha value is -5.32. The smallest absolute Gasteiger partial charge is 0.234 e. The number of nitrogens with one attached hydrogen (secondary N) is 1. The number of oxime groups is 1. The van der Waals surface area contributed by atoms with Crippen LogP contribution in [0.3, 0.4) is 0 Å². The molecule has 2 saturated heterocycles. The van der Waals surface area contributed by atoms with Crippen LogP contribution in [0.25, 0.3) is 0 Å². The van der Waals surface area contributed by atoms with Crippen LogP contribution in [-0.4, -0.2) is 85.3 Å². The number of carbonyl (C=O) groups excluding carboxylic acids is 1. The van der Waals surface area contributed by atoms with Gasteiger partial charge in [-0.1, -0.05) is 216 Å². The van der Waals surface area contributed by atoms with Gasteiger partial charge in [-0.05, 0) is 115 Å². The molecular weight excluding hydrogens is 992 g/mol. The van der Waals surface area contributed by atoms with Gasteiger partial charge in [-0.3, -0.25) is 14.6 Å². The number of amides is 1. The predicted molar refractivity (Wildman–Crippen MR) is 313 cm³/mol. The zero-order valence-electron chi connectivity index (χ0n) is 42.4. The molecule has 0 saturated carbocycles. The van der Waals surface area contributed by atoms with Crippen LogP contribution in [0.4, 0.5) is 0 Å². The number of rotatable bonds is 25. The lowest BCUT2D eigenvalue weighted by Crippen LogP contribution is -2.49. The predicted octanol–water partition coefficient (Wildman–Crippen LogP) is 14.6. The lowest BCUT2D eigenvalue weighted by molar-refractivity contribution is -0.122. The number of carbonyl (C=O) groups is 1. The van der Waals surface area contributed by atoms with Gasteiger partial charge in [0.15, 0.2) is 0 Å². The van der Waals surface area contributed by atoms with Crippen LogP contribution in [0.2, 0.25) is 10.0 Å². The van der Waals surface area contributed by atoms with Gasteiger partial charge >= 0.3 is 0 Å². The highest BCUT2D eigenvalue weighted by Gasteiger charge is 2.47. The van der Waals surface area contributed by atoms with E-state index in [1.54, 1.807) is 7.11 Å². The minimum Gasteiger partial charge on any atom is -0.399 e. The largest absolute Gasteiger partial charge is 0.399 e. The summed E-state index contributed by atoms with van der Waals surface area (Å²) in [5.74, 6) is 2.44. The molecule has 7 aromatic carbocycles. The molecule has 1 N–H and O–H groups in total. The zero-order chi connectivity index (χ0) is 51.0. The molecule has 6 nitrogen and oxygen atoms in total. The summed E-state index contributed by atoms with van der Waals surface area (Å²) in [7, 11) is 1.60. The highest BCUT2D eigenvalue weighted by atomic mass is 35.5. The molecule has 382 valence electrons. The van der Waals surface area contributed by atoms with Gasteiger partial charge < -0.3 is 10.2 Å². The lowest BCUT2D eigenvalue weighted by Gasteiger charge is -2.45. The number of halogens is 2. The Morgan fingerprint density at radius 3 is 1.62 bits per heavy atom. The quantitative estimate of drug-likeness (QED) is 0.0266. The Morgan fingerprint density at radius 1 is 0.662 bits per heavy atom. The molecule has 7 aromatic rings. The molecule has 2 aliphatic rings. The molecule has 2 fully saturated rings. The third kappa shape index (κ3) is 12.5. The molecule has 0 aliphatic carbocycles. The van der Waals surface area contributed by atoms with Gasteiger partial charge in [-0.25, -0.2) is 0 Å². The first-order chi connectivity index (χ1) is 36.4. The molecule has 9 rings (SSSR count). The molecule has 2 heterocycles. The number of fused-ring (bicyclic) bond motifs is 2. The normalized spacial score (nSPS) is 17.9. The van der Waals surface area contributed by atoms with Crippen molar-refractivity contribution in [1.29, 1.82) is 0 Å². The number of nitrogens with zero attached hydrogens (tertiary/aromatic N) is 3. The number of thioether (sulfide) groups is 2. The molecule has 10 heteroatoms. The molecule has 2 bridgehead atoms. The first kappa shape index (κ1) is 53.5. The van der Waals surface area contributed by atoms with Crippen LogP contribution in [0.5, 0.6) is 0 Å². The summed E-state index contributed by atoms with van der Waals surface area (Å²) < 4.78 is -0.898. The first-order valence-corrected chi connectivity index (χ1v) is 29.0. The van der Waals surface area contributed by atoms with Crippen molar-refractivity contribution in [3.63, 3.8) is 0 Å². The van der Waals surface area contributed by atoms with Crippen LogP contribution in [0, 0.1) is 5.92 Å². The van der Waals surface area contributed by atoms with E-state index in [9.17, 15) is 4.79 Å². The van der Waals surface area contributed by atoms with Crippen molar-refractivity contribution in [2.24, 2.45) is 11.1 Å². The van der Waals surface area contributed by atoms with E-state index >= 15 is 0 Å². The second-order valence-electron chi connectivity index (χ2n) is 19.5. The average Bonchev–Trinajstić information content (AvgIpc) is 3.74. The van der Waals surface area contributed by atoms with Crippen molar-refractivity contribution in [3.8, 4) is 0 Å². The molecular formula is C64H68Cl2N4O2S2. The van der Waals surface area contributed by atoms with E-state index in [-0.39, 0.29) is 5.91 Å². The van der Waals surface area contributed by atoms with E-state index in [0.717, 1.165) is 56.8 Å². The van der Waals surface area contributed by atoms with Gasteiger partial charge in [0.05, 0.1) is 26.1 Å². The zero-order valence-corrected chi connectivity index (χ0v) is 45.5. The molecule has 4 unspecified atom stereocenters. The SMILES string of the molecule is CON=CCCC1C(c2ccc(Cl)c(Cl)c2)CC2CCC1N2CCCN(CCSC(c1ccccc1)(c1ccccc1)c1ccccc1)CC(=O)NCCSC(c1ccccc1)(c1ccccc1)c1ccccc1. The fourth-order valence-corrected chi connectivity index (χ4v) is 15.2. The topological polar surface area (TPSA) is 57.2 Å². The molecule has 0 spiro atoms. The van der Waals surface area contributed by atoms with Crippen molar-refractivity contribution in [2.75, 3.05) is 51.3 Å². The molecule has 0 aromatic heterocycles. The van der Waals surface area contributed by atoms with Crippen molar-refractivity contribution in [3.05, 3.63) is 249 Å². The summed E-state index contributed by atoms with van der Waals surface area (Å²) >= 11 is 16.9. The second-order valence-corrected chi connectivity index (χ2v) is 22.9. The minimum absolute atomic E-state index is 0.0565. The van der Waals surface area contributed by atoms with Crippen LogP contribution >= 0.6 is 46.7 Å². The Kier molecular flexibility index (Phi) is 19.1. The van der Waals surface area contributed by atoms with Crippen LogP contribution in [0.15, 0.2) is 205 Å². The number of hydrogen-bond acceptors (Lipinski definition) is 7. The number of hydrogen-bond donors (Lipinski definition) is 1. The van der Waals surface area contributed by atoms with E-state index in [1.807, 2.05) is 35.8 Å². The second kappa shape index (κ2) is 26.4. The van der Waals surface area contributed by atoms with Gasteiger partial charge in [0, 0.05) is 42.9 Å². The molecule has 0 radical (unpaired) electrons. The average molecular weight is 1060 g/mol. The van der Waals surface area contributed by atoms with Gasteiger partial charge in [-0.2, -0.15) is 0 Å². The number of piperidine rings is 1. The Morgan fingerprint density at radius 2 is 1.15 bits per heavy atom. The summed E-state index contributed by atoms with van der Waals surface area (Å²) in [6.07, 6.45) is 8.19. The van der Waals surface area contributed by atoms with Crippen molar-refractivity contribution < 1.29 is 9.63 Å². The van der Waals surface area contributed by atoms with Gasteiger partial charge in [0.25, 0.3) is 0 Å². The molecule has 74 heavy (non-hydrogen) atoms. The maximum absolute atomic E-state index is 14.4. The Labute approximate surface area is 458 Å².